The molecule has 0 fully saturated rings. The monoisotopic (exact) mass is 435 g/mol. The number of nitro groups is 1. The number of sulfonamides is 1. The highest BCUT2D eigenvalue weighted by atomic mass is 32.2. The number of aryl methyl sites for hydroxylation is 1. The highest BCUT2D eigenvalue weighted by molar-refractivity contribution is 7.92. The van der Waals surface area contributed by atoms with E-state index in [1.165, 1.54) is 50.2 Å². The van der Waals surface area contributed by atoms with Gasteiger partial charge in [0.15, 0.2) is 0 Å². The lowest BCUT2D eigenvalue weighted by atomic mass is 10.2. The number of anilines is 2. The molecule has 0 unspecified atom stereocenters. The van der Waals surface area contributed by atoms with Crippen molar-refractivity contribution < 1.29 is 27.7 Å². The summed E-state index contributed by atoms with van der Waals surface area (Å²) in [5.74, 6) is -1.08. The average Bonchev–Trinajstić information content (AvgIpc) is 2.66. The maximum atomic E-state index is 13.3. The summed E-state index contributed by atoms with van der Waals surface area (Å²) in [5, 5.41) is 13.5. The van der Waals surface area contributed by atoms with E-state index in [4.69, 9.17) is 4.74 Å². The van der Waals surface area contributed by atoms with E-state index in [0.717, 1.165) is 10.4 Å². The largest absolute Gasteiger partial charge is 0.465 e. The molecule has 0 atom stereocenters. The normalized spacial score (nSPS) is 10.9. The van der Waals surface area contributed by atoms with E-state index in [0.29, 0.717) is 11.3 Å². The van der Waals surface area contributed by atoms with Crippen LogP contribution in [0.15, 0.2) is 47.4 Å². The van der Waals surface area contributed by atoms with Crippen LogP contribution in [-0.2, 0) is 24.3 Å². The van der Waals surface area contributed by atoms with Gasteiger partial charge in [0.05, 0.1) is 22.1 Å². The molecule has 2 rings (SSSR count). The smallest absolute Gasteiger partial charge is 0.326 e. The van der Waals surface area contributed by atoms with E-state index >= 15 is 0 Å². The SMILES string of the molecule is CCOC(=O)CN(c1ccc([N+](=O)[O-])cc1C)S(=O)(=O)c1ccc(NC(C)=O)cc1. The molecule has 11 heteroatoms. The summed E-state index contributed by atoms with van der Waals surface area (Å²) in [4.78, 5) is 33.5. The van der Waals surface area contributed by atoms with Gasteiger partial charge in [0, 0.05) is 24.7 Å². The zero-order valence-electron chi connectivity index (χ0n) is 16.6. The zero-order valence-corrected chi connectivity index (χ0v) is 17.4. The summed E-state index contributed by atoms with van der Waals surface area (Å²) >= 11 is 0. The molecule has 0 aromatic heterocycles. The molecule has 30 heavy (non-hydrogen) atoms. The highest BCUT2D eigenvalue weighted by Crippen LogP contribution is 2.30. The van der Waals surface area contributed by atoms with Crippen LogP contribution >= 0.6 is 0 Å². The van der Waals surface area contributed by atoms with E-state index < -0.39 is 27.5 Å². The Kier molecular flexibility index (Phi) is 7.11. The minimum absolute atomic E-state index is 0.0668. The molecule has 0 aliphatic rings. The summed E-state index contributed by atoms with van der Waals surface area (Å²) in [6, 6.07) is 9.08. The van der Waals surface area contributed by atoms with Gasteiger partial charge in [-0.3, -0.25) is 24.0 Å². The summed E-state index contributed by atoms with van der Waals surface area (Å²) < 4.78 is 32.3. The molecule has 1 amide bonds. The van der Waals surface area contributed by atoms with Gasteiger partial charge in [-0.25, -0.2) is 8.42 Å². The summed E-state index contributed by atoms with van der Waals surface area (Å²) in [7, 11) is -4.22. The van der Waals surface area contributed by atoms with Crippen LogP contribution in [0.1, 0.15) is 19.4 Å². The molecular formula is C19H21N3O7S. The summed E-state index contributed by atoms with van der Waals surface area (Å²) in [6.07, 6.45) is 0. The number of esters is 1. The second kappa shape index (κ2) is 9.35. The molecule has 0 spiro atoms. The van der Waals surface area contributed by atoms with Gasteiger partial charge < -0.3 is 10.1 Å². The molecule has 2 aromatic rings. The fraction of sp³-hybridized carbons (Fsp3) is 0.263. The number of ether oxygens (including phenoxy) is 1. The van der Waals surface area contributed by atoms with Gasteiger partial charge in [-0.1, -0.05) is 0 Å². The molecular weight excluding hydrogens is 414 g/mol. The van der Waals surface area contributed by atoms with E-state index in [-0.39, 0.29) is 28.8 Å². The Bertz CT molecular complexity index is 1070. The molecule has 0 aliphatic heterocycles. The number of benzene rings is 2. The minimum atomic E-state index is -4.22. The Labute approximate surface area is 173 Å². The number of carbonyl (C=O) groups excluding carboxylic acids is 2. The van der Waals surface area contributed by atoms with Crippen molar-refractivity contribution in [2.45, 2.75) is 25.7 Å². The lowest BCUT2D eigenvalue weighted by molar-refractivity contribution is -0.384. The van der Waals surface area contributed by atoms with Crippen LogP contribution in [-0.4, -0.2) is 38.4 Å². The molecule has 0 radical (unpaired) electrons. The second-order valence-corrected chi connectivity index (χ2v) is 8.11. The van der Waals surface area contributed by atoms with Crippen molar-refractivity contribution in [2.24, 2.45) is 0 Å². The van der Waals surface area contributed by atoms with Crippen molar-refractivity contribution in [1.29, 1.82) is 0 Å². The first kappa shape index (κ1) is 22.8. The van der Waals surface area contributed by atoms with Gasteiger partial charge in [0.1, 0.15) is 6.54 Å². The van der Waals surface area contributed by atoms with Crippen LogP contribution in [0, 0.1) is 17.0 Å². The zero-order chi connectivity index (χ0) is 22.5. The van der Waals surface area contributed by atoms with E-state index in [1.54, 1.807) is 6.92 Å². The van der Waals surface area contributed by atoms with E-state index in [9.17, 15) is 28.1 Å². The highest BCUT2D eigenvalue weighted by Gasteiger charge is 2.29. The topological polar surface area (TPSA) is 136 Å². The van der Waals surface area contributed by atoms with Crippen molar-refractivity contribution in [2.75, 3.05) is 22.8 Å². The Morgan fingerprint density at radius 2 is 1.80 bits per heavy atom. The first-order valence-electron chi connectivity index (χ1n) is 8.87. The van der Waals surface area contributed by atoms with Crippen molar-refractivity contribution in [3.8, 4) is 0 Å². The predicted molar refractivity (Wildman–Crippen MR) is 110 cm³/mol. The maximum absolute atomic E-state index is 13.3. The maximum Gasteiger partial charge on any atom is 0.326 e. The third-order valence-corrected chi connectivity index (χ3v) is 5.77. The number of hydrogen-bond acceptors (Lipinski definition) is 7. The van der Waals surface area contributed by atoms with Crippen LogP contribution in [0.4, 0.5) is 17.1 Å². The molecule has 10 nitrogen and oxygen atoms in total. The van der Waals surface area contributed by atoms with Gasteiger partial charge in [-0.05, 0) is 49.7 Å². The first-order valence-corrected chi connectivity index (χ1v) is 10.3. The molecule has 2 aromatic carbocycles. The van der Waals surface area contributed by atoms with E-state index in [1.807, 2.05) is 0 Å². The standard InChI is InChI=1S/C19H21N3O7S/c1-4-29-19(24)12-21(18-10-7-16(22(25)26)11-13(18)2)30(27,28)17-8-5-15(6-9-17)20-14(3)23/h5-11H,4,12H2,1-3H3,(H,20,23). The fourth-order valence-corrected chi connectivity index (χ4v) is 4.17. The number of nitrogens with one attached hydrogen (secondary N) is 1. The lowest BCUT2D eigenvalue weighted by Gasteiger charge is -2.25. The van der Waals surface area contributed by atoms with Crippen molar-refractivity contribution in [3.05, 3.63) is 58.1 Å². The van der Waals surface area contributed by atoms with Crippen molar-refractivity contribution in [1.82, 2.24) is 0 Å². The van der Waals surface area contributed by atoms with Crippen LogP contribution in [0.5, 0.6) is 0 Å². The fourth-order valence-electron chi connectivity index (χ4n) is 2.70. The Morgan fingerprint density at radius 3 is 2.30 bits per heavy atom. The third kappa shape index (κ3) is 5.32. The number of amides is 1. The molecule has 160 valence electrons. The molecule has 0 aliphatic carbocycles. The second-order valence-electron chi connectivity index (χ2n) is 6.25. The van der Waals surface area contributed by atoms with Crippen LogP contribution in [0.25, 0.3) is 0 Å². The number of nitrogens with zero attached hydrogens (tertiary/aromatic N) is 2. The summed E-state index contributed by atoms with van der Waals surface area (Å²) in [6.45, 7) is 3.88. The van der Waals surface area contributed by atoms with Crippen molar-refractivity contribution >= 4 is 39.0 Å². The van der Waals surface area contributed by atoms with Crippen molar-refractivity contribution in [3.63, 3.8) is 0 Å². The molecule has 0 saturated carbocycles. The Hall–Kier alpha value is -3.47. The molecule has 0 heterocycles. The van der Waals surface area contributed by atoms with Gasteiger partial charge in [0.2, 0.25) is 5.91 Å². The number of hydrogen-bond donors (Lipinski definition) is 1. The van der Waals surface area contributed by atoms with Crippen LogP contribution in [0.2, 0.25) is 0 Å². The van der Waals surface area contributed by atoms with E-state index in [2.05, 4.69) is 5.32 Å². The van der Waals surface area contributed by atoms with Gasteiger partial charge >= 0.3 is 5.97 Å². The lowest BCUT2D eigenvalue weighted by Crippen LogP contribution is -2.37. The van der Waals surface area contributed by atoms with Gasteiger partial charge in [-0.2, -0.15) is 0 Å². The third-order valence-electron chi connectivity index (χ3n) is 4.00. The Balaban J connectivity index is 2.51. The summed E-state index contributed by atoms with van der Waals surface area (Å²) in [5.41, 5.74) is 0.612. The molecule has 0 bridgehead atoms. The molecule has 0 saturated heterocycles. The quantitative estimate of drug-likeness (QED) is 0.382. The Morgan fingerprint density at radius 1 is 1.17 bits per heavy atom. The number of carbonyl (C=O) groups is 2. The number of nitro benzene ring substituents is 1. The van der Waals surface area contributed by atoms with Gasteiger partial charge in [0.25, 0.3) is 15.7 Å². The van der Waals surface area contributed by atoms with Crippen LogP contribution in [0.3, 0.4) is 0 Å². The molecule has 1 N–H and O–H groups in total. The first-order chi connectivity index (χ1) is 14.1. The number of non-ortho nitro benzene ring substituents is 1. The van der Waals surface area contributed by atoms with Gasteiger partial charge in [-0.15, -0.1) is 0 Å². The number of rotatable bonds is 8. The minimum Gasteiger partial charge on any atom is -0.465 e. The average molecular weight is 435 g/mol. The predicted octanol–water partition coefficient (Wildman–Crippen LogP) is 2.62. The van der Waals surface area contributed by atoms with Crippen LogP contribution < -0.4 is 9.62 Å².